The first-order valence-electron chi connectivity index (χ1n) is 10.7. The molecule has 1 aromatic carbocycles. The number of carbonyl (C=O) groups excluding carboxylic acids is 1. The van der Waals surface area contributed by atoms with Gasteiger partial charge in [-0.1, -0.05) is 44.0 Å². The summed E-state index contributed by atoms with van der Waals surface area (Å²) in [7, 11) is 0. The average molecular weight is 499 g/mol. The number of carbonyl (C=O) groups is 1. The van der Waals surface area contributed by atoms with Crippen LogP contribution < -0.4 is 5.32 Å². The number of nitrogens with one attached hydrogen (secondary N) is 1. The first-order valence-corrected chi connectivity index (χ1v) is 12.3. The van der Waals surface area contributed by atoms with Gasteiger partial charge in [-0.3, -0.25) is 4.79 Å². The summed E-state index contributed by atoms with van der Waals surface area (Å²) in [5.41, 5.74) is 2.67. The molecule has 0 spiro atoms. The van der Waals surface area contributed by atoms with Crippen molar-refractivity contribution in [2.75, 3.05) is 5.32 Å². The summed E-state index contributed by atoms with van der Waals surface area (Å²) in [5.74, 6) is 1.39. The molecule has 2 aromatic heterocycles. The maximum atomic E-state index is 12.6. The van der Waals surface area contributed by atoms with Gasteiger partial charge in [-0.15, -0.1) is 11.3 Å². The average Bonchev–Trinajstić information content (AvgIpc) is 3.34. The van der Waals surface area contributed by atoms with E-state index in [9.17, 15) is 10.1 Å². The van der Waals surface area contributed by atoms with Crippen molar-refractivity contribution in [1.29, 1.82) is 5.26 Å². The second-order valence-corrected chi connectivity index (χ2v) is 11.3. The summed E-state index contributed by atoms with van der Waals surface area (Å²) in [6.07, 6.45) is 5.90. The monoisotopic (exact) mass is 498 g/mol. The predicted molar refractivity (Wildman–Crippen MR) is 136 cm³/mol. The third-order valence-electron chi connectivity index (χ3n) is 6.01. The van der Waals surface area contributed by atoms with Crippen molar-refractivity contribution in [2.24, 2.45) is 11.3 Å². The Labute approximate surface area is 207 Å². The fraction of sp³-hybridized carbons (Fsp3) is 0.308. The van der Waals surface area contributed by atoms with Crippen molar-refractivity contribution < 1.29 is 9.21 Å². The minimum Gasteiger partial charge on any atom is -0.457 e. The topological polar surface area (TPSA) is 66.0 Å². The summed E-state index contributed by atoms with van der Waals surface area (Å²) < 4.78 is 5.80. The van der Waals surface area contributed by atoms with E-state index < -0.39 is 0 Å². The number of thiophene rings is 1. The molecular formula is C26H24Cl2N2O2S. The Morgan fingerprint density at radius 3 is 2.64 bits per heavy atom. The molecule has 0 bridgehead atoms. The van der Waals surface area contributed by atoms with E-state index in [-0.39, 0.29) is 11.3 Å². The van der Waals surface area contributed by atoms with E-state index in [4.69, 9.17) is 27.6 Å². The Kier molecular flexibility index (Phi) is 6.72. The van der Waals surface area contributed by atoms with E-state index in [0.29, 0.717) is 38.0 Å². The number of nitrogens with zero attached hydrogens (tertiary/aromatic N) is 1. The van der Waals surface area contributed by atoms with Crippen LogP contribution in [-0.4, -0.2) is 5.91 Å². The minimum absolute atomic E-state index is 0.221. The van der Waals surface area contributed by atoms with Crippen LogP contribution in [0.15, 0.2) is 40.8 Å². The van der Waals surface area contributed by atoms with Crippen LogP contribution in [0.1, 0.15) is 49.0 Å². The highest BCUT2D eigenvalue weighted by atomic mass is 35.5. The molecular weight excluding hydrogens is 475 g/mol. The Morgan fingerprint density at radius 1 is 1.24 bits per heavy atom. The van der Waals surface area contributed by atoms with Crippen LogP contribution in [0.4, 0.5) is 5.00 Å². The van der Waals surface area contributed by atoms with Gasteiger partial charge in [0.25, 0.3) is 0 Å². The number of furan rings is 1. The Bertz CT molecular complexity index is 1250. The number of benzene rings is 1. The van der Waals surface area contributed by atoms with Gasteiger partial charge in [-0.25, -0.2) is 0 Å². The molecule has 0 fully saturated rings. The Hall–Kier alpha value is -2.52. The molecule has 0 saturated heterocycles. The Balaban J connectivity index is 1.47. The molecule has 170 valence electrons. The van der Waals surface area contributed by atoms with E-state index in [1.807, 2.05) is 0 Å². The van der Waals surface area contributed by atoms with Gasteiger partial charge in [-0.05, 0) is 72.6 Å². The second kappa shape index (κ2) is 9.38. The number of fused-ring (bicyclic) bond motifs is 1. The molecule has 0 radical (unpaired) electrons. The largest absolute Gasteiger partial charge is 0.457 e. The molecule has 3 aromatic rings. The lowest BCUT2D eigenvalue weighted by molar-refractivity contribution is -0.111. The fourth-order valence-electron chi connectivity index (χ4n) is 4.14. The number of anilines is 1. The maximum Gasteiger partial charge on any atom is 0.249 e. The number of amides is 1. The van der Waals surface area contributed by atoms with E-state index in [1.165, 1.54) is 22.3 Å². The van der Waals surface area contributed by atoms with E-state index >= 15 is 0 Å². The normalized spacial score (nSPS) is 15.9. The molecule has 4 nitrogen and oxygen atoms in total. The van der Waals surface area contributed by atoms with Crippen molar-refractivity contribution in [2.45, 2.75) is 40.0 Å². The molecule has 1 aliphatic carbocycles. The van der Waals surface area contributed by atoms with Crippen LogP contribution in [0.25, 0.3) is 17.4 Å². The zero-order valence-corrected chi connectivity index (χ0v) is 21.0. The number of hydrogen-bond donors (Lipinski definition) is 1. The quantitative estimate of drug-likeness (QED) is 0.370. The zero-order valence-electron chi connectivity index (χ0n) is 18.7. The van der Waals surface area contributed by atoms with Gasteiger partial charge in [0.05, 0.1) is 5.56 Å². The van der Waals surface area contributed by atoms with E-state index in [2.05, 4.69) is 32.2 Å². The summed E-state index contributed by atoms with van der Waals surface area (Å²) in [6, 6.07) is 11.0. The lowest BCUT2D eigenvalue weighted by Gasteiger charge is -2.33. The highest BCUT2D eigenvalue weighted by Crippen LogP contribution is 2.44. The van der Waals surface area contributed by atoms with Crippen LogP contribution in [0.5, 0.6) is 0 Å². The summed E-state index contributed by atoms with van der Waals surface area (Å²) in [5, 5.41) is 14.3. The van der Waals surface area contributed by atoms with Crippen molar-refractivity contribution in [1.82, 2.24) is 0 Å². The zero-order chi connectivity index (χ0) is 23.8. The number of hydrogen-bond acceptors (Lipinski definition) is 4. The van der Waals surface area contributed by atoms with Crippen molar-refractivity contribution in [3.8, 4) is 17.4 Å². The molecule has 1 aliphatic rings. The number of rotatable bonds is 4. The molecule has 0 aliphatic heterocycles. The van der Waals surface area contributed by atoms with E-state index in [0.717, 1.165) is 30.4 Å². The standard InChI is InChI=1S/C26H24Cl2N2O2S/c1-26(2,3)16-4-7-20-21(14-29)25(33-23(20)12-16)30-24(31)9-6-19-5-8-22(32-19)15-10-17(27)13-18(28)11-15/h5-6,8-11,13,16H,4,7,12H2,1-3H3,(H,30,31)/b9-6+/t16-/m0/s1. The molecule has 0 unspecified atom stereocenters. The predicted octanol–water partition coefficient (Wildman–Crippen LogP) is 7.99. The van der Waals surface area contributed by atoms with Crippen LogP contribution >= 0.6 is 34.5 Å². The summed E-state index contributed by atoms with van der Waals surface area (Å²) in [6.45, 7) is 6.78. The van der Waals surface area contributed by atoms with E-state index in [1.54, 1.807) is 36.4 Å². The van der Waals surface area contributed by atoms with Gasteiger partial charge in [-0.2, -0.15) is 5.26 Å². The van der Waals surface area contributed by atoms with Gasteiger partial charge in [0.15, 0.2) is 0 Å². The highest BCUT2D eigenvalue weighted by molar-refractivity contribution is 7.16. The SMILES string of the molecule is CC(C)(C)[C@H]1CCc2c(sc(NC(=O)/C=C/c3ccc(-c4cc(Cl)cc(Cl)c4)o3)c2C#N)C1. The van der Waals surface area contributed by atoms with Gasteiger partial charge < -0.3 is 9.73 Å². The van der Waals surface area contributed by atoms with Crippen molar-refractivity contribution in [3.63, 3.8) is 0 Å². The molecule has 4 rings (SSSR count). The minimum atomic E-state index is -0.304. The van der Waals surface area contributed by atoms with Gasteiger partial charge in [0, 0.05) is 26.6 Å². The lowest BCUT2D eigenvalue weighted by atomic mass is 9.72. The third kappa shape index (κ3) is 5.35. The second-order valence-electron chi connectivity index (χ2n) is 9.31. The van der Waals surface area contributed by atoms with Crippen LogP contribution in [-0.2, 0) is 17.6 Å². The molecule has 2 heterocycles. The molecule has 7 heteroatoms. The summed E-state index contributed by atoms with van der Waals surface area (Å²) in [4.78, 5) is 13.8. The fourth-order valence-corrected chi connectivity index (χ4v) is 5.94. The van der Waals surface area contributed by atoms with Crippen molar-refractivity contribution in [3.05, 3.63) is 68.2 Å². The first-order chi connectivity index (χ1) is 15.6. The van der Waals surface area contributed by atoms with Crippen LogP contribution in [0.3, 0.4) is 0 Å². The van der Waals surface area contributed by atoms with Crippen LogP contribution in [0.2, 0.25) is 10.0 Å². The maximum absolute atomic E-state index is 12.6. The number of nitriles is 1. The first kappa shape index (κ1) is 23.6. The van der Waals surface area contributed by atoms with Gasteiger partial charge in [0.2, 0.25) is 5.91 Å². The van der Waals surface area contributed by atoms with Gasteiger partial charge in [0.1, 0.15) is 22.6 Å². The van der Waals surface area contributed by atoms with Gasteiger partial charge >= 0.3 is 0 Å². The molecule has 33 heavy (non-hydrogen) atoms. The highest BCUT2D eigenvalue weighted by Gasteiger charge is 2.32. The smallest absolute Gasteiger partial charge is 0.249 e. The lowest BCUT2D eigenvalue weighted by Crippen LogP contribution is -2.26. The summed E-state index contributed by atoms with van der Waals surface area (Å²) >= 11 is 13.7. The number of halogens is 2. The van der Waals surface area contributed by atoms with Crippen LogP contribution in [0, 0.1) is 22.7 Å². The molecule has 0 saturated carbocycles. The van der Waals surface area contributed by atoms with Crippen molar-refractivity contribution >= 4 is 51.5 Å². The third-order valence-corrected chi connectivity index (χ3v) is 7.62. The molecule has 1 atom stereocenters. The Morgan fingerprint density at radius 2 is 1.97 bits per heavy atom. The molecule has 1 amide bonds. The molecule has 1 N–H and O–H groups in total.